The summed E-state index contributed by atoms with van der Waals surface area (Å²) in [5, 5.41) is 0. The molecule has 0 spiro atoms. The third-order valence-corrected chi connectivity index (χ3v) is 2.53. The average Bonchev–Trinajstić information content (AvgIpc) is 2.72. The van der Waals surface area contributed by atoms with Crippen LogP contribution in [-0.4, -0.2) is 42.2 Å². The van der Waals surface area contributed by atoms with E-state index in [-0.39, 0.29) is 17.9 Å². The van der Waals surface area contributed by atoms with Crippen molar-refractivity contribution in [1.29, 1.82) is 0 Å². The molecule has 1 unspecified atom stereocenters. The standard InChI is InChI=1S/C12H22N2O4/c1-5-17-13-10(15)9-6-7-14(8-9)11(16)18-12(2,3)4/h9H,5-8H2,1-4H3,(H,13,15). The Morgan fingerprint density at radius 2 is 2.06 bits per heavy atom. The number of nitrogens with zero attached hydrogens (tertiary/aromatic N) is 1. The number of hydrogen-bond donors (Lipinski definition) is 1. The predicted octanol–water partition coefficient (Wildman–Crippen LogP) is 1.31. The van der Waals surface area contributed by atoms with Crippen molar-refractivity contribution in [3.63, 3.8) is 0 Å². The van der Waals surface area contributed by atoms with E-state index in [1.165, 1.54) is 0 Å². The molecule has 6 heteroatoms. The molecule has 1 heterocycles. The van der Waals surface area contributed by atoms with Crippen LogP contribution in [0.3, 0.4) is 0 Å². The Bertz CT molecular complexity index is 312. The summed E-state index contributed by atoms with van der Waals surface area (Å²) in [7, 11) is 0. The van der Waals surface area contributed by atoms with E-state index in [2.05, 4.69) is 5.48 Å². The number of likely N-dealkylation sites (tertiary alicyclic amines) is 1. The van der Waals surface area contributed by atoms with E-state index >= 15 is 0 Å². The van der Waals surface area contributed by atoms with E-state index in [4.69, 9.17) is 9.57 Å². The van der Waals surface area contributed by atoms with Crippen LogP contribution in [0.1, 0.15) is 34.1 Å². The van der Waals surface area contributed by atoms with Gasteiger partial charge in [0, 0.05) is 13.1 Å². The lowest BCUT2D eigenvalue weighted by Crippen LogP contribution is -2.37. The molecule has 2 amide bonds. The van der Waals surface area contributed by atoms with Crippen molar-refractivity contribution in [3.8, 4) is 0 Å². The zero-order valence-corrected chi connectivity index (χ0v) is 11.5. The number of carbonyl (C=O) groups is 2. The van der Waals surface area contributed by atoms with E-state index in [1.54, 1.807) is 11.8 Å². The smallest absolute Gasteiger partial charge is 0.410 e. The molecular weight excluding hydrogens is 236 g/mol. The maximum atomic E-state index is 11.8. The Hall–Kier alpha value is -1.30. The lowest BCUT2D eigenvalue weighted by molar-refractivity contribution is -0.136. The lowest BCUT2D eigenvalue weighted by Gasteiger charge is -2.24. The van der Waals surface area contributed by atoms with Crippen molar-refractivity contribution in [2.24, 2.45) is 5.92 Å². The Kier molecular flexibility index (Phi) is 4.95. The molecule has 0 aromatic carbocycles. The summed E-state index contributed by atoms with van der Waals surface area (Å²) in [6, 6.07) is 0. The minimum absolute atomic E-state index is 0.178. The number of hydrogen-bond acceptors (Lipinski definition) is 4. The maximum absolute atomic E-state index is 11.8. The fraction of sp³-hybridized carbons (Fsp3) is 0.833. The first-order chi connectivity index (χ1) is 8.33. The molecule has 1 saturated heterocycles. The Labute approximate surface area is 108 Å². The van der Waals surface area contributed by atoms with Gasteiger partial charge >= 0.3 is 6.09 Å². The van der Waals surface area contributed by atoms with Gasteiger partial charge in [-0.2, -0.15) is 0 Å². The molecule has 18 heavy (non-hydrogen) atoms. The van der Waals surface area contributed by atoms with Gasteiger partial charge in [-0.25, -0.2) is 10.3 Å². The van der Waals surface area contributed by atoms with Crippen molar-refractivity contribution in [2.75, 3.05) is 19.7 Å². The molecule has 0 aliphatic carbocycles. The number of rotatable bonds is 3. The fourth-order valence-corrected chi connectivity index (χ4v) is 1.69. The Morgan fingerprint density at radius 3 is 2.61 bits per heavy atom. The predicted molar refractivity (Wildman–Crippen MR) is 65.7 cm³/mol. The van der Waals surface area contributed by atoms with Crippen LogP contribution in [-0.2, 0) is 14.4 Å². The van der Waals surface area contributed by atoms with Crippen molar-refractivity contribution < 1.29 is 19.2 Å². The van der Waals surface area contributed by atoms with Gasteiger partial charge in [-0.3, -0.25) is 9.63 Å². The van der Waals surface area contributed by atoms with Gasteiger partial charge in [0.2, 0.25) is 5.91 Å². The van der Waals surface area contributed by atoms with Crippen LogP contribution in [0.25, 0.3) is 0 Å². The maximum Gasteiger partial charge on any atom is 0.410 e. The molecule has 104 valence electrons. The van der Waals surface area contributed by atoms with Crippen molar-refractivity contribution in [3.05, 3.63) is 0 Å². The van der Waals surface area contributed by atoms with E-state index in [9.17, 15) is 9.59 Å². The highest BCUT2D eigenvalue weighted by molar-refractivity contribution is 5.79. The van der Waals surface area contributed by atoms with Crippen LogP contribution < -0.4 is 5.48 Å². The van der Waals surface area contributed by atoms with Crippen LogP contribution in [0, 0.1) is 5.92 Å². The number of ether oxygens (including phenoxy) is 1. The first-order valence-corrected chi connectivity index (χ1v) is 6.23. The average molecular weight is 258 g/mol. The molecule has 6 nitrogen and oxygen atoms in total. The van der Waals surface area contributed by atoms with Crippen LogP contribution >= 0.6 is 0 Å². The SMILES string of the molecule is CCONC(=O)C1CCN(C(=O)OC(C)(C)C)C1. The summed E-state index contributed by atoms with van der Waals surface area (Å²) in [6.07, 6.45) is 0.271. The summed E-state index contributed by atoms with van der Waals surface area (Å²) >= 11 is 0. The summed E-state index contributed by atoms with van der Waals surface area (Å²) in [5.41, 5.74) is 1.85. The monoisotopic (exact) mass is 258 g/mol. The highest BCUT2D eigenvalue weighted by Crippen LogP contribution is 2.19. The second-order valence-corrected chi connectivity index (χ2v) is 5.31. The number of carbonyl (C=O) groups excluding carboxylic acids is 2. The minimum atomic E-state index is -0.511. The van der Waals surface area contributed by atoms with Gasteiger partial charge in [-0.1, -0.05) is 0 Å². The number of hydroxylamine groups is 1. The van der Waals surface area contributed by atoms with Gasteiger partial charge in [0.25, 0.3) is 0 Å². The van der Waals surface area contributed by atoms with Crippen LogP contribution in [0.4, 0.5) is 4.79 Å². The minimum Gasteiger partial charge on any atom is -0.444 e. The fourth-order valence-electron chi connectivity index (χ4n) is 1.69. The second kappa shape index (κ2) is 6.04. The quantitative estimate of drug-likeness (QED) is 0.775. The van der Waals surface area contributed by atoms with Gasteiger partial charge in [-0.05, 0) is 34.1 Å². The summed E-state index contributed by atoms with van der Waals surface area (Å²) in [5.74, 6) is -0.396. The largest absolute Gasteiger partial charge is 0.444 e. The molecule has 1 fully saturated rings. The van der Waals surface area contributed by atoms with E-state index in [0.29, 0.717) is 26.1 Å². The molecule has 1 aliphatic rings. The molecule has 0 radical (unpaired) electrons. The zero-order chi connectivity index (χ0) is 13.8. The first kappa shape index (κ1) is 14.8. The highest BCUT2D eigenvalue weighted by atomic mass is 16.6. The molecule has 1 N–H and O–H groups in total. The molecule has 1 aliphatic heterocycles. The van der Waals surface area contributed by atoms with Crippen LogP contribution in [0.2, 0.25) is 0 Å². The van der Waals surface area contributed by atoms with Gasteiger partial charge in [0.15, 0.2) is 0 Å². The van der Waals surface area contributed by atoms with Gasteiger partial charge in [0.05, 0.1) is 12.5 Å². The van der Waals surface area contributed by atoms with Crippen molar-refractivity contribution in [1.82, 2.24) is 10.4 Å². The molecule has 0 aromatic heterocycles. The van der Waals surface area contributed by atoms with Crippen LogP contribution in [0.15, 0.2) is 0 Å². The van der Waals surface area contributed by atoms with Crippen LogP contribution in [0.5, 0.6) is 0 Å². The van der Waals surface area contributed by atoms with E-state index in [0.717, 1.165) is 0 Å². The molecule has 0 bridgehead atoms. The topological polar surface area (TPSA) is 67.9 Å². The molecule has 1 atom stereocenters. The molecule has 1 rings (SSSR count). The third-order valence-electron chi connectivity index (χ3n) is 2.53. The molecule has 0 aromatic rings. The Balaban J connectivity index is 2.41. The number of nitrogens with one attached hydrogen (secondary N) is 1. The molecule has 0 saturated carbocycles. The van der Waals surface area contributed by atoms with Crippen molar-refractivity contribution in [2.45, 2.75) is 39.7 Å². The summed E-state index contributed by atoms with van der Waals surface area (Å²) < 4.78 is 5.25. The van der Waals surface area contributed by atoms with Gasteiger partial charge in [-0.15, -0.1) is 0 Å². The second-order valence-electron chi connectivity index (χ2n) is 5.31. The molecular formula is C12H22N2O4. The third kappa shape index (κ3) is 4.52. The normalized spacial score (nSPS) is 19.8. The summed E-state index contributed by atoms with van der Waals surface area (Å²) in [6.45, 7) is 8.60. The lowest BCUT2D eigenvalue weighted by atomic mass is 10.1. The zero-order valence-electron chi connectivity index (χ0n) is 11.5. The van der Waals surface area contributed by atoms with E-state index in [1.807, 2.05) is 20.8 Å². The summed E-state index contributed by atoms with van der Waals surface area (Å²) in [4.78, 5) is 29.8. The van der Waals surface area contributed by atoms with E-state index < -0.39 is 5.60 Å². The highest BCUT2D eigenvalue weighted by Gasteiger charge is 2.33. The Morgan fingerprint density at radius 1 is 1.39 bits per heavy atom. The van der Waals surface area contributed by atoms with Gasteiger partial charge < -0.3 is 9.64 Å². The first-order valence-electron chi connectivity index (χ1n) is 6.23. The van der Waals surface area contributed by atoms with Gasteiger partial charge in [0.1, 0.15) is 5.60 Å². The number of amides is 2. The van der Waals surface area contributed by atoms with Crippen molar-refractivity contribution >= 4 is 12.0 Å².